The van der Waals surface area contributed by atoms with Gasteiger partial charge in [-0.2, -0.15) is 0 Å². The summed E-state index contributed by atoms with van der Waals surface area (Å²) < 4.78 is 1.09. The third-order valence-corrected chi connectivity index (χ3v) is 2.12. The lowest BCUT2D eigenvalue weighted by Crippen LogP contribution is -2.05. The molecule has 1 unspecified atom stereocenters. The molecule has 1 atom stereocenters. The lowest BCUT2D eigenvalue weighted by molar-refractivity contribution is 0.813. The van der Waals surface area contributed by atoms with Gasteiger partial charge in [0, 0.05) is 10.5 Å². The highest BCUT2D eigenvalue weighted by atomic mass is 79.9. The van der Waals surface area contributed by atoms with Gasteiger partial charge in [-0.3, -0.25) is 0 Å². The second-order valence-electron chi connectivity index (χ2n) is 2.31. The first kappa shape index (κ1) is 7.76. The normalized spacial score (nSPS) is 13.1. The van der Waals surface area contributed by atoms with Crippen LogP contribution >= 0.6 is 15.9 Å². The Morgan fingerprint density at radius 3 is 2.40 bits per heavy atom. The summed E-state index contributed by atoms with van der Waals surface area (Å²) in [6.45, 7) is 1.97. The van der Waals surface area contributed by atoms with E-state index < -0.39 is 0 Å². The average Bonchev–Trinajstić information content (AvgIpc) is 1.88. The fraction of sp³-hybridized carbons (Fsp3) is 0.250. The summed E-state index contributed by atoms with van der Waals surface area (Å²) in [5, 5.41) is 0. The van der Waals surface area contributed by atoms with E-state index in [0.29, 0.717) is 0 Å². The van der Waals surface area contributed by atoms with Crippen LogP contribution < -0.4 is 5.73 Å². The Kier molecular flexibility index (Phi) is 2.46. The van der Waals surface area contributed by atoms with E-state index >= 15 is 0 Å². The SMILES string of the molecule is CC(N)c1ccccc1Br. The summed E-state index contributed by atoms with van der Waals surface area (Å²) in [6.07, 6.45) is 0. The molecule has 0 aliphatic heterocycles. The maximum absolute atomic E-state index is 5.68. The molecule has 0 saturated carbocycles. The summed E-state index contributed by atoms with van der Waals surface area (Å²) in [5.41, 5.74) is 6.84. The van der Waals surface area contributed by atoms with Crippen LogP contribution in [-0.2, 0) is 0 Å². The van der Waals surface area contributed by atoms with Crippen LogP contribution in [0.1, 0.15) is 18.5 Å². The van der Waals surface area contributed by atoms with E-state index in [2.05, 4.69) is 15.9 Å². The summed E-state index contributed by atoms with van der Waals surface area (Å²) in [4.78, 5) is 0. The van der Waals surface area contributed by atoms with Crippen LogP contribution in [0.2, 0.25) is 0 Å². The minimum Gasteiger partial charge on any atom is -0.324 e. The van der Waals surface area contributed by atoms with E-state index in [1.165, 1.54) is 0 Å². The Morgan fingerprint density at radius 1 is 1.40 bits per heavy atom. The Morgan fingerprint density at radius 2 is 2.00 bits per heavy atom. The molecule has 0 aromatic heterocycles. The molecule has 2 N–H and O–H groups in total. The zero-order chi connectivity index (χ0) is 7.56. The van der Waals surface area contributed by atoms with Crippen LogP contribution in [0.5, 0.6) is 0 Å². The molecule has 1 aromatic rings. The van der Waals surface area contributed by atoms with Gasteiger partial charge in [0.2, 0.25) is 0 Å². The van der Waals surface area contributed by atoms with Gasteiger partial charge in [0.05, 0.1) is 0 Å². The monoisotopic (exact) mass is 199 g/mol. The second kappa shape index (κ2) is 3.17. The fourth-order valence-corrected chi connectivity index (χ4v) is 1.49. The van der Waals surface area contributed by atoms with Crippen LogP contribution in [-0.4, -0.2) is 0 Å². The third kappa shape index (κ3) is 1.58. The number of rotatable bonds is 1. The standard InChI is InChI=1S/C8H10BrN/c1-6(10)7-4-2-3-5-8(7)9/h2-6H,10H2,1H3. The molecule has 0 radical (unpaired) electrons. The van der Waals surface area contributed by atoms with Gasteiger partial charge in [-0.25, -0.2) is 0 Å². The van der Waals surface area contributed by atoms with Gasteiger partial charge < -0.3 is 5.73 Å². The topological polar surface area (TPSA) is 26.0 Å². The molecule has 2 heteroatoms. The Hall–Kier alpha value is -0.340. The molecule has 1 nitrogen and oxygen atoms in total. The Labute approximate surface area is 69.4 Å². The van der Waals surface area contributed by atoms with E-state index in [-0.39, 0.29) is 6.04 Å². The lowest BCUT2D eigenvalue weighted by atomic mass is 10.1. The predicted octanol–water partition coefficient (Wildman–Crippen LogP) is 2.47. The van der Waals surface area contributed by atoms with E-state index in [1.807, 2.05) is 31.2 Å². The van der Waals surface area contributed by atoms with Crippen molar-refractivity contribution in [1.82, 2.24) is 0 Å². The van der Waals surface area contributed by atoms with Gasteiger partial charge in [-0.1, -0.05) is 34.1 Å². The Bertz CT molecular complexity index is 220. The van der Waals surface area contributed by atoms with Crippen molar-refractivity contribution in [3.05, 3.63) is 34.3 Å². The smallest absolute Gasteiger partial charge is 0.0277 e. The van der Waals surface area contributed by atoms with Crippen molar-refractivity contribution in [2.45, 2.75) is 13.0 Å². The highest BCUT2D eigenvalue weighted by Gasteiger charge is 2.01. The molecule has 54 valence electrons. The van der Waals surface area contributed by atoms with Crippen molar-refractivity contribution in [3.63, 3.8) is 0 Å². The molecule has 0 heterocycles. The summed E-state index contributed by atoms with van der Waals surface area (Å²) in [7, 11) is 0. The van der Waals surface area contributed by atoms with Gasteiger partial charge in [0.15, 0.2) is 0 Å². The summed E-state index contributed by atoms with van der Waals surface area (Å²) in [6, 6.07) is 8.10. The highest BCUT2D eigenvalue weighted by Crippen LogP contribution is 2.20. The molecule has 0 saturated heterocycles. The van der Waals surface area contributed by atoms with Crippen LogP contribution in [0.4, 0.5) is 0 Å². The van der Waals surface area contributed by atoms with Crippen molar-refractivity contribution in [3.8, 4) is 0 Å². The summed E-state index contributed by atoms with van der Waals surface area (Å²) >= 11 is 3.42. The zero-order valence-corrected chi connectivity index (χ0v) is 7.43. The molecule has 0 fully saturated rings. The molecular formula is C8H10BrN. The highest BCUT2D eigenvalue weighted by molar-refractivity contribution is 9.10. The molecule has 0 aliphatic carbocycles. The fourth-order valence-electron chi connectivity index (χ4n) is 0.844. The van der Waals surface area contributed by atoms with E-state index in [1.54, 1.807) is 0 Å². The first-order valence-corrected chi connectivity index (χ1v) is 4.01. The van der Waals surface area contributed by atoms with Crippen LogP contribution in [0, 0.1) is 0 Å². The molecule has 0 spiro atoms. The first-order valence-electron chi connectivity index (χ1n) is 3.22. The number of halogens is 1. The zero-order valence-electron chi connectivity index (χ0n) is 5.84. The second-order valence-corrected chi connectivity index (χ2v) is 3.16. The molecule has 10 heavy (non-hydrogen) atoms. The van der Waals surface area contributed by atoms with Gasteiger partial charge >= 0.3 is 0 Å². The third-order valence-electron chi connectivity index (χ3n) is 1.40. The Balaban J connectivity index is 3.03. The number of hydrogen-bond donors (Lipinski definition) is 1. The lowest BCUT2D eigenvalue weighted by Gasteiger charge is -2.06. The number of hydrogen-bond acceptors (Lipinski definition) is 1. The molecular weight excluding hydrogens is 190 g/mol. The van der Waals surface area contributed by atoms with Crippen LogP contribution in [0.25, 0.3) is 0 Å². The van der Waals surface area contributed by atoms with Crippen molar-refractivity contribution < 1.29 is 0 Å². The number of nitrogens with two attached hydrogens (primary N) is 1. The molecule has 0 amide bonds. The van der Waals surface area contributed by atoms with Gasteiger partial charge in [-0.05, 0) is 18.6 Å². The number of benzene rings is 1. The van der Waals surface area contributed by atoms with Crippen molar-refractivity contribution in [2.24, 2.45) is 5.73 Å². The minimum atomic E-state index is 0.107. The van der Waals surface area contributed by atoms with Crippen LogP contribution in [0.15, 0.2) is 28.7 Å². The quantitative estimate of drug-likeness (QED) is 0.740. The van der Waals surface area contributed by atoms with Gasteiger partial charge in [0.1, 0.15) is 0 Å². The van der Waals surface area contributed by atoms with E-state index in [4.69, 9.17) is 5.73 Å². The predicted molar refractivity (Wildman–Crippen MR) is 46.7 cm³/mol. The van der Waals surface area contributed by atoms with Crippen molar-refractivity contribution >= 4 is 15.9 Å². The minimum absolute atomic E-state index is 0.107. The first-order chi connectivity index (χ1) is 4.72. The molecule has 0 bridgehead atoms. The van der Waals surface area contributed by atoms with Crippen molar-refractivity contribution in [1.29, 1.82) is 0 Å². The largest absolute Gasteiger partial charge is 0.324 e. The van der Waals surface area contributed by atoms with Crippen LogP contribution in [0.3, 0.4) is 0 Å². The summed E-state index contributed by atoms with van der Waals surface area (Å²) in [5.74, 6) is 0. The maximum atomic E-state index is 5.68. The van der Waals surface area contributed by atoms with E-state index in [0.717, 1.165) is 10.0 Å². The van der Waals surface area contributed by atoms with Crippen molar-refractivity contribution in [2.75, 3.05) is 0 Å². The molecule has 1 aromatic carbocycles. The molecule has 0 aliphatic rings. The van der Waals surface area contributed by atoms with Gasteiger partial charge in [0.25, 0.3) is 0 Å². The molecule has 1 rings (SSSR count). The van der Waals surface area contributed by atoms with Gasteiger partial charge in [-0.15, -0.1) is 0 Å². The van der Waals surface area contributed by atoms with E-state index in [9.17, 15) is 0 Å². The maximum Gasteiger partial charge on any atom is 0.0277 e. The average molecular weight is 200 g/mol.